The lowest BCUT2D eigenvalue weighted by Gasteiger charge is -2.14. The number of halogens is 1. The molecule has 2 amide bonds. The number of aromatic nitrogens is 1. The van der Waals surface area contributed by atoms with Gasteiger partial charge < -0.3 is 21.1 Å². The predicted octanol–water partition coefficient (Wildman–Crippen LogP) is 2.28. The molecule has 0 unspecified atom stereocenters. The van der Waals surface area contributed by atoms with E-state index in [4.69, 9.17) is 10.5 Å². The first-order valence-electron chi connectivity index (χ1n) is 7.84. The van der Waals surface area contributed by atoms with E-state index in [1.807, 2.05) is 43.5 Å². The fourth-order valence-corrected chi connectivity index (χ4v) is 2.79. The fraction of sp³-hybridized carbons (Fsp3) is 0.353. The van der Waals surface area contributed by atoms with Crippen LogP contribution >= 0.6 is 23.7 Å². The maximum Gasteiger partial charge on any atom is 0.245 e. The van der Waals surface area contributed by atoms with Crippen molar-refractivity contribution in [1.82, 2.24) is 10.3 Å². The van der Waals surface area contributed by atoms with Crippen LogP contribution in [0.5, 0.6) is 5.75 Å². The Hall–Kier alpha value is -2.16. The number of methoxy groups -OCH3 is 1. The van der Waals surface area contributed by atoms with Crippen LogP contribution in [0.3, 0.4) is 0 Å². The van der Waals surface area contributed by atoms with Crippen LogP contribution in [0.2, 0.25) is 0 Å². The molecule has 1 aromatic carbocycles. The smallest absolute Gasteiger partial charge is 0.245 e. The molecule has 1 aromatic heterocycles. The zero-order valence-electron chi connectivity index (χ0n) is 14.8. The number of para-hydroxylation sites is 1. The summed E-state index contributed by atoms with van der Waals surface area (Å²) in [5, 5.41) is 7.47. The maximum absolute atomic E-state index is 12.0. The van der Waals surface area contributed by atoms with Gasteiger partial charge in [0.15, 0.2) is 5.13 Å². The Bertz CT molecular complexity index is 751. The quantitative estimate of drug-likeness (QED) is 0.663. The third-order valence-corrected chi connectivity index (χ3v) is 4.34. The molecule has 0 aliphatic rings. The van der Waals surface area contributed by atoms with Gasteiger partial charge in [0.1, 0.15) is 5.75 Å². The van der Waals surface area contributed by atoms with Gasteiger partial charge in [-0.3, -0.25) is 9.59 Å². The second kappa shape index (κ2) is 10.1. The number of thiazole rings is 1. The monoisotopic (exact) mass is 398 g/mol. The third kappa shape index (κ3) is 5.69. The normalized spacial score (nSPS) is 11.4. The van der Waals surface area contributed by atoms with Crippen molar-refractivity contribution < 1.29 is 14.3 Å². The minimum atomic E-state index is -0.634. The summed E-state index contributed by atoms with van der Waals surface area (Å²) in [6.07, 6.45) is 0. The van der Waals surface area contributed by atoms with Gasteiger partial charge in [-0.1, -0.05) is 26.0 Å². The molecule has 0 fully saturated rings. The standard InChI is InChI=1S/C17H22N4O3S.ClH/c1-10(2)15(18)16(23)19-8-14(22)21-17-20-12(9-25-17)11-6-4-5-7-13(11)24-3;/h4-7,9-10,15H,8,18H2,1-3H3,(H,19,23)(H,20,21,22);1H/t15-;/m0./s1. The van der Waals surface area contributed by atoms with Crippen molar-refractivity contribution in [3.05, 3.63) is 29.6 Å². The van der Waals surface area contributed by atoms with E-state index in [1.165, 1.54) is 11.3 Å². The second-order valence-corrected chi connectivity index (χ2v) is 6.63. The Balaban J connectivity index is 0.00000338. The second-order valence-electron chi connectivity index (χ2n) is 5.77. The van der Waals surface area contributed by atoms with E-state index in [-0.39, 0.29) is 36.7 Å². The van der Waals surface area contributed by atoms with Gasteiger partial charge in [0.2, 0.25) is 11.8 Å². The molecule has 2 aromatic rings. The van der Waals surface area contributed by atoms with Crippen LogP contribution in [0.25, 0.3) is 11.3 Å². The van der Waals surface area contributed by atoms with Crippen molar-refractivity contribution in [3.8, 4) is 17.0 Å². The van der Waals surface area contributed by atoms with Gasteiger partial charge in [0.25, 0.3) is 0 Å². The first kappa shape index (κ1) is 21.9. The van der Waals surface area contributed by atoms with Crippen LogP contribution in [-0.4, -0.2) is 36.5 Å². The number of nitrogens with zero attached hydrogens (tertiary/aromatic N) is 1. The number of benzene rings is 1. The number of nitrogens with two attached hydrogens (primary N) is 1. The van der Waals surface area contributed by atoms with Crippen LogP contribution in [0.1, 0.15) is 13.8 Å². The van der Waals surface area contributed by atoms with Gasteiger partial charge >= 0.3 is 0 Å². The van der Waals surface area contributed by atoms with Gasteiger partial charge in [-0.05, 0) is 18.1 Å². The molecular formula is C17H23ClN4O3S. The van der Waals surface area contributed by atoms with Crippen molar-refractivity contribution in [2.75, 3.05) is 19.0 Å². The zero-order valence-corrected chi connectivity index (χ0v) is 16.4. The lowest BCUT2D eigenvalue weighted by molar-refractivity contribution is -0.125. The summed E-state index contributed by atoms with van der Waals surface area (Å²) >= 11 is 1.30. The molecule has 1 heterocycles. The van der Waals surface area contributed by atoms with Crippen molar-refractivity contribution in [2.45, 2.75) is 19.9 Å². The van der Waals surface area contributed by atoms with Gasteiger partial charge in [0.05, 0.1) is 25.4 Å². The highest BCUT2D eigenvalue weighted by molar-refractivity contribution is 7.14. The van der Waals surface area contributed by atoms with E-state index in [9.17, 15) is 9.59 Å². The van der Waals surface area contributed by atoms with Gasteiger partial charge in [0, 0.05) is 10.9 Å². The summed E-state index contributed by atoms with van der Waals surface area (Å²) in [7, 11) is 1.60. The molecule has 142 valence electrons. The summed E-state index contributed by atoms with van der Waals surface area (Å²) in [5.41, 5.74) is 7.28. The molecule has 2 rings (SSSR count). The van der Waals surface area contributed by atoms with Crippen LogP contribution in [0, 0.1) is 5.92 Å². The highest BCUT2D eigenvalue weighted by Gasteiger charge is 2.18. The molecule has 0 saturated carbocycles. The van der Waals surface area contributed by atoms with Gasteiger partial charge in [-0.25, -0.2) is 4.98 Å². The molecule has 0 saturated heterocycles. The van der Waals surface area contributed by atoms with E-state index in [0.29, 0.717) is 16.6 Å². The SMILES string of the molecule is COc1ccccc1-c1csc(NC(=O)CNC(=O)[C@@H](N)C(C)C)n1.Cl. The topological polar surface area (TPSA) is 106 Å². The molecule has 9 heteroatoms. The van der Waals surface area contributed by atoms with Crippen LogP contribution < -0.4 is 21.1 Å². The van der Waals surface area contributed by atoms with Gasteiger partial charge in [-0.2, -0.15) is 0 Å². The molecule has 0 aliphatic heterocycles. The van der Waals surface area contributed by atoms with E-state index >= 15 is 0 Å². The summed E-state index contributed by atoms with van der Waals surface area (Å²) in [6, 6.07) is 6.88. The summed E-state index contributed by atoms with van der Waals surface area (Å²) in [4.78, 5) is 28.1. The molecule has 26 heavy (non-hydrogen) atoms. The Kier molecular flexibility index (Phi) is 8.50. The van der Waals surface area contributed by atoms with Crippen molar-refractivity contribution in [1.29, 1.82) is 0 Å². The number of hydrogen-bond donors (Lipinski definition) is 3. The van der Waals surface area contributed by atoms with Crippen LogP contribution in [0.15, 0.2) is 29.6 Å². The molecular weight excluding hydrogens is 376 g/mol. The zero-order chi connectivity index (χ0) is 18.4. The lowest BCUT2D eigenvalue weighted by atomic mass is 10.1. The number of anilines is 1. The number of rotatable bonds is 7. The number of hydrogen-bond acceptors (Lipinski definition) is 6. The largest absolute Gasteiger partial charge is 0.496 e. The average Bonchev–Trinajstić information content (AvgIpc) is 3.06. The molecule has 7 nitrogen and oxygen atoms in total. The number of nitrogens with one attached hydrogen (secondary N) is 2. The molecule has 0 spiro atoms. The van der Waals surface area contributed by atoms with Crippen molar-refractivity contribution >= 4 is 40.7 Å². The maximum atomic E-state index is 12.0. The Labute approximate surface area is 162 Å². The Morgan fingerprint density at radius 2 is 2.00 bits per heavy atom. The van der Waals surface area contributed by atoms with E-state index in [0.717, 1.165) is 5.56 Å². The first-order valence-corrected chi connectivity index (χ1v) is 8.72. The van der Waals surface area contributed by atoms with Crippen LogP contribution in [-0.2, 0) is 9.59 Å². The third-order valence-electron chi connectivity index (χ3n) is 3.58. The van der Waals surface area contributed by atoms with Gasteiger partial charge in [-0.15, -0.1) is 23.7 Å². The Morgan fingerprint density at radius 3 is 2.65 bits per heavy atom. The predicted molar refractivity (Wildman–Crippen MR) is 106 cm³/mol. The summed E-state index contributed by atoms with van der Waals surface area (Å²) in [5.74, 6) is 0.00952. The van der Waals surface area contributed by atoms with E-state index in [1.54, 1.807) is 7.11 Å². The van der Waals surface area contributed by atoms with Crippen LogP contribution in [0.4, 0.5) is 5.13 Å². The molecule has 1 atom stereocenters. The summed E-state index contributed by atoms with van der Waals surface area (Å²) in [6.45, 7) is 3.54. The van der Waals surface area contributed by atoms with Crippen molar-refractivity contribution in [3.63, 3.8) is 0 Å². The fourth-order valence-electron chi connectivity index (χ4n) is 2.06. The lowest BCUT2D eigenvalue weighted by Crippen LogP contribution is -2.46. The molecule has 0 aliphatic carbocycles. The Morgan fingerprint density at radius 1 is 1.31 bits per heavy atom. The highest BCUT2D eigenvalue weighted by Crippen LogP contribution is 2.31. The minimum absolute atomic E-state index is 0. The number of carbonyl (C=O) groups excluding carboxylic acids is 2. The minimum Gasteiger partial charge on any atom is -0.496 e. The van der Waals surface area contributed by atoms with E-state index in [2.05, 4.69) is 15.6 Å². The highest BCUT2D eigenvalue weighted by atomic mass is 35.5. The number of amides is 2. The first-order chi connectivity index (χ1) is 11.9. The number of ether oxygens (including phenoxy) is 1. The number of carbonyl (C=O) groups is 2. The summed E-state index contributed by atoms with van der Waals surface area (Å²) < 4.78 is 5.31. The average molecular weight is 399 g/mol. The molecule has 0 bridgehead atoms. The molecule has 4 N–H and O–H groups in total. The van der Waals surface area contributed by atoms with Crippen molar-refractivity contribution in [2.24, 2.45) is 11.7 Å². The van der Waals surface area contributed by atoms with E-state index < -0.39 is 6.04 Å². The molecule has 0 radical (unpaired) electrons.